The standard InChI is InChI=1S/C14H20BrNS/c1-14(2,17-3)9-16-13-7-4-10-8-11(15)5-6-12(10)13/h5-6,8,13,16H,4,7,9H2,1-3H3. The van der Waals surface area contributed by atoms with Crippen LogP contribution < -0.4 is 5.32 Å². The molecule has 0 spiro atoms. The Morgan fingerprint density at radius 1 is 1.47 bits per heavy atom. The van der Waals surface area contributed by atoms with E-state index in [4.69, 9.17) is 0 Å². The van der Waals surface area contributed by atoms with E-state index in [9.17, 15) is 0 Å². The Bertz CT molecular complexity index is 403. The number of hydrogen-bond donors (Lipinski definition) is 1. The Hall–Kier alpha value is 0.01000. The molecule has 1 aromatic rings. The van der Waals surface area contributed by atoms with Gasteiger partial charge in [-0.05, 0) is 56.2 Å². The number of fused-ring (bicyclic) bond motifs is 1. The van der Waals surface area contributed by atoms with Crippen LogP contribution in [0.2, 0.25) is 0 Å². The van der Waals surface area contributed by atoms with Crippen LogP contribution in [0.5, 0.6) is 0 Å². The summed E-state index contributed by atoms with van der Waals surface area (Å²) in [7, 11) is 0. The monoisotopic (exact) mass is 313 g/mol. The highest BCUT2D eigenvalue weighted by Crippen LogP contribution is 2.33. The molecule has 0 aliphatic heterocycles. The van der Waals surface area contributed by atoms with Crippen LogP contribution >= 0.6 is 27.7 Å². The highest BCUT2D eigenvalue weighted by molar-refractivity contribution is 9.10. The molecule has 0 radical (unpaired) electrons. The smallest absolute Gasteiger partial charge is 0.0326 e. The molecule has 0 saturated heterocycles. The predicted octanol–water partition coefficient (Wildman–Crippen LogP) is 4.17. The molecular formula is C14H20BrNS. The minimum Gasteiger partial charge on any atom is -0.309 e. The maximum absolute atomic E-state index is 3.71. The van der Waals surface area contributed by atoms with Gasteiger partial charge in [0, 0.05) is 21.8 Å². The number of nitrogens with one attached hydrogen (secondary N) is 1. The lowest BCUT2D eigenvalue weighted by molar-refractivity contribution is 0.493. The van der Waals surface area contributed by atoms with Crippen molar-refractivity contribution >= 4 is 27.7 Å². The van der Waals surface area contributed by atoms with Crippen LogP contribution in [0.3, 0.4) is 0 Å². The van der Waals surface area contributed by atoms with E-state index in [-0.39, 0.29) is 0 Å². The first-order valence-corrected chi connectivity index (χ1v) is 8.10. The van der Waals surface area contributed by atoms with E-state index in [1.54, 1.807) is 0 Å². The van der Waals surface area contributed by atoms with Gasteiger partial charge in [-0.25, -0.2) is 0 Å². The molecule has 0 aromatic heterocycles. The molecule has 94 valence electrons. The van der Waals surface area contributed by atoms with Crippen molar-refractivity contribution in [1.29, 1.82) is 0 Å². The summed E-state index contributed by atoms with van der Waals surface area (Å²) in [6, 6.07) is 7.22. The first kappa shape index (κ1) is 13.4. The van der Waals surface area contributed by atoms with Gasteiger partial charge in [0.2, 0.25) is 0 Å². The summed E-state index contributed by atoms with van der Waals surface area (Å²) in [4.78, 5) is 0. The van der Waals surface area contributed by atoms with Gasteiger partial charge >= 0.3 is 0 Å². The molecule has 1 atom stereocenters. The summed E-state index contributed by atoms with van der Waals surface area (Å²) in [5.41, 5.74) is 2.99. The van der Waals surface area contributed by atoms with Crippen LogP contribution in [0.4, 0.5) is 0 Å². The van der Waals surface area contributed by atoms with Crippen molar-refractivity contribution in [2.45, 2.75) is 37.5 Å². The second kappa shape index (κ2) is 5.33. The zero-order valence-electron chi connectivity index (χ0n) is 10.7. The van der Waals surface area contributed by atoms with E-state index in [2.05, 4.69) is 59.5 Å². The fourth-order valence-electron chi connectivity index (χ4n) is 2.24. The Morgan fingerprint density at radius 3 is 2.94 bits per heavy atom. The van der Waals surface area contributed by atoms with Gasteiger partial charge in [0.15, 0.2) is 0 Å². The Morgan fingerprint density at radius 2 is 2.24 bits per heavy atom. The van der Waals surface area contributed by atoms with Crippen molar-refractivity contribution in [3.8, 4) is 0 Å². The van der Waals surface area contributed by atoms with E-state index in [1.807, 2.05) is 11.8 Å². The van der Waals surface area contributed by atoms with Gasteiger partial charge in [-0.2, -0.15) is 11.8 Å². The van der Waals surface area contributed by atoms with E-state index >= 15 is 0 Å². The Labute approximate surface area is 117 Å². The summed E-state index contributed by atoms with van der Waals surface area (Å²) in [6.45, 7) is 5.65. The minimum absolute atomic E-state index is 0.318. The van der Waals surface area contributed by atoms with Crippen LogP contribution in [0.1, 0.15) is 37.4 Å². The maximum Gasteiger partial charge on any atom is 0.0326 e. The van der Waals surface area contributed by atoms with Crippen LogP contribution in [0.25, 0.3) is 0 Å². The summed E-state index contributed by atoms with van der Waals surface area (Å²) in [5.74, 6) is 0. The number of aryl methyl sites for hydroxylation is 1. The molecule has 1 N–H and O–H groups in total. The fourth-order valence-corrected chi connectivity index (χ4v) is 2.88. The van der Waals surface area contributed by atoms with Crippen LogP contribution in [-0.4, -0.2) is 17.5 Å². The molecule has 17 heavy (non-hydrogen) atoms. The molecule has 3 heteroatoms. The summed E-state index contributed by atoms with van der Waals surface area (Å²) in [6.07, 6.45) is 4.61. The van der Waals surface area contributed by atoms with Gasteiger partial charge in [-0.15, -0.1) is 0 Å². The molecule has 2 rings (SSSR count). The maximum atomic E-state index is 3.71. The third kappa shape index (κ3) is 3.27. The number of halogens is 1. The Balaban J connectivity index is 2.03. The molecule has 0 saturated carbocycles. The van der Waals surface area contributed by atoms with E-state index < -0.39 is 0 Å². The predicted molar refractivity (Wildman–Crippen MR) is 80.8 cm³/mol. The fraction of sp³-hybridized carbons (Fsp3) is 0.571. The molecule has 1 aliphatic carbocycles. The zero-order valence-corrected chi connectivity index (χ0v) is 13.1. The summed E-state index contributed by atoms with van der Waals surface area (Å²) < 4.78 is 1.51. The second-order valence-corrected chi connectivity index (χ2v) is 7.71. The van der Waals surface area contributed by atoms with Crippen molar-refractivity contribution in [3.63, 3.8) is 0 Å². The molecule has 1 nitrogen and oxygen atoms in total. The molecule has 1 aromatic carbocycles. The van der Waals surface area contributed by atoms with Crippen LogP contribution in [-0.2, 0) is 6.42 Å². The molecule has 1 aliphatic rings. The van der Waals surface area contributed by atoms with Gasteiger partial charge in [0.05, 0.1) is 0 Å². The van der Waals surface area contributed by atoms with Crippen LogP contribution in [0.15, 0.2) is 22.7 Å². The average molecular weight is 314 g/mol. The topological polar surface area (TPSA) is 12.0 Å². The molecule has 0 bridgehead atoms. The largest absolute Gasteiger partial charge is 0.309 e. The van der Waals surface area contributed by atoms with Crippen LogP contribution in [0, 0.1) is 0 Å². The molecule has 0 heterocycles. The number of benzene rings is 1. The first-order chi connectivity index (χ1) is 8.02. The lowest BCUT2D eigenvalue weighted by Crippen LogP contribution is -2.33. The van der Waals surface area contributed by atoms with Gasteiger partial charge in [0.1, 0.15) is 0 Å². The summed E-state index contributed by atoms with van der Waals surface area (Å²) in [5, 5.41) is 3.71. The molecule has 0 amide bonds. The second-order valence-electron chi connectivity index (χ2n) is 5.28. The molecule has 1 unspecified atom stereocenters. The zero-order chi connectivity index (χ0) is 12.5. The third-order valence-electron chi connectivity index (χ3n) is 3.51. The van der Waals surface area contributed by atoms with Gasteiger partial charge in [-0.1, -0.05) is 22.0 Å². The third-order valence-corrected chi connectivity index (χ3v) is 5.25. The highest BCUT2D eigenvalue weighted by Gasteiger charge is 2.24. The van der Waals surface area contributed by atoms with Crippen molar-refractivity contribution < 1.29 is 0 Å². The van der Waals surface area contributed by atoms with Crippen molar-refractivity contribution in [2.75, 3.05) is 12.8 Å². The lowest BCUT2D eigenvalue weighted by Gasteiger charge is -2.25. The quantitative estimate of drug-likeness (QED) is 0.895. The van der Waals surface area contributed by atoms with E-state index in [1.165, 1.54) is 28.4 Å². The number of hydrogen-bond acceptors (Lipinski definition) is 2. The lowest BCUT2D eigenvalue weighted by atomic mass is 10.1. The van der Waals surface area contributed by atoms with E-state index in [0.717, 1.165) is 6.54 Å². The van der Waals surface area contributed by atoms with Gasteiger partial charge in [-0.3, -0.25) is 0 Å². The van der Waals surface area contributed by atoms with Crippen molar-refractivity contribution in [1.82, 2.24) is 5.32 Å². The highest BCUT2D eigenvalue weighted by atomic mass is 79.9. The first-order valence-electron chi connectivity index (χ1n) is 6.09. The van der Waals surface area contributed by atoms with E-state index in [0.29, 0.717) is 10.8 Å². The molecular weight excluding hydrogens is 294 g/mol. The SMILES string of the molecule is CSC(C)(C)CNC1CCc2cc(Br)ccc21. The number of thioether (sulfide) groups is 1. The number of rotatable bonds is 4. The average Bonchev–Trinajstić information content (AvgIpc) is 2.69. The summed E-state index contributed by atoms with van der Waals surface area (Å²) >= 11 is 5.47. The van der Waals surface area contributed by atoms with Crippen molar-refractivity contribution in [3.05, 3.63) is 33.8 Å². The minimum atomic E-state index is 0.318. The van der Waals surface area contributed by atoms with Crippen molar-refractivity contribution in [2.24, 2.45) is 0 Å². The Kier molecular flexibility index (Phi) is 4.22. The molecule has 0 fully saturated rings. The normalized spacial score (nSPS) is 19.4. The van der Waals surface area contributed by atoms with Gasteiger partial charge < -0.3 is 5.32 Å². The van der Waals surface area contributed by atoms with Gasteiger partial charge in [0.25, 0.3) is 0 Å².